The maximum Gasteiger partial charge on any atom is 0.407 e. The lowest BCUT2D eigenvalue weighted by Crippen LogP contribution is -2.53. The summed E-state index contributed by atoms with van der Waals surface area (Å²) in [6, 6.07) is 14.4. The topological polar surface area (TPSA) is 41.6 Å². The summed E-state index contributed by atoms with van der Waals surface area (Å²) in [6.07, 6.45) is 2.95. The summed E-state index contributed by atoms with van der Waals surface area (Å²) >= 11 is 6.20. The van der Waals surface area contributed by atoms with Gasteiger partial charge in [0.25, 0.3) is 0 Å². The minimum atomic E-state index is -0.284. The Kier molecular flexibility index (Phi) is 5.03. The van der Waals surface area contributed by atoms with Crippen LogP contribution in [-0.4, -0.2) is 36.7 Å². The molecule has 3 saturated heterocycles. The van der Waals surface area contributed by atoms with Gasteiger partial charge in [-0.05, 0) is 84.1 Å². The van der Waals surface area contributed by atoms with Gasteiger partial charge in [-0.2, -0.15) is 0 Å². The number of amides is 1. The first kappa shape index (κ1) is 19.9. The quantitative estimate of drug-likeness (QED) is 0.712. The predicted octanol–water partition coefficient (Wildman–Crippen LogP) is 5.45. The van der Waals surface area contributed by atoms with Crippen molar-refractivity contribution >= 4 is 17.7 Å². The molecule has 1 unspecified atom stereocenters. The molecule has 0 radical (unpaired) electrons. The number of nitrogens with one attached hydrogen (secondary N) is 1. The lowest BCUT2D eigenvalue weighted by Gasteiger charge is -2.44. The molecule has 5 heteroatoms. The van der Waals surface area contributed by atoms with Crippen LogP contribution in [0.15, 0.2) is 42.5 Å². The van der Waals surface area contributed by atoms with Gasteiger partial charge in [-0.1, -0.05) is 49.7 Å². The highest BCUT2D eigenvalue weighted by atomic mass is 35.5. The van der Waals surface area contributed by atoms with E-state index in [-0.39, 0.29) is 23.7 Å². The molecule has 4 nitrogen and oxygen atoms in total. The van der Waals surface area contributed by atoms with Gasteiger partial charge in [-0.25, -0.2) is 4.79 Å². The number of carbonyl (C=O) groups excluding carboxylic acids is 1. The highest BCUT2D eigenvalue weighted by molar-refractivity contribution is 6.30. The molecule has 2 aromatic carbocycles. The van der Waals surface area contributed by atoms with E-state index in [9.17, 15) is 4.79 Å². The van der Waals surface area contributed by atoms with Gasteiger partial charge < -0.3 is 10.1 Å². The molecule has 0 spiro atoms. The van der Waals surface area contributed by atoms with Crippen LogP contribution in [0.3, 0.4) is 0 Å². The third kappa shape index (κ3) is 3.72. The molecule has 3 fully saturated rings. The van der Waals surface area contributed by atoms with E-state index in [2.05, 4.69) is 48.3 Å². The number of nitrogens with zero attached hydrogens (tertiary/aromatic N) is 1. The summed E-state index contributed by atoms with van der Waals surface area (Å²) in [5, 5.41) is 3.94. The van der Waals surface area contributed by atoms with Crippen LogP contribution in [0.5, 0.6) is 0 Å². The standard InChI is InChI=1S/C25H29ClN2O2/c1-25(2)14-19-7-6-18(17-4-3-5-20(26)12-17)13-21(19)23(25)27-24(29)30-22-15-28-10-8-16(22)9-11-28/h3-7,12-13,16,22-23H,8-11,14-15H2,1-2H3,(H,27,29)/t22-,23?/m1/s1. The monoisotopic (exact) mass is 424 g/mol. The number of piperidine rings is 3. The van der Waals surface area contributed by atoms with Crippen LogP contribution in [0.1, 0.15) is 43.9 Å². The SMILES string of the molecule is CC1(C)Cc2ccc(-c3cccc(Cl)c3)cc2C1NC(=O)O[C@@H]1CN2CCC1CC2. The normalized spacial score (nSPS) is 28.8. The van der Waals surface area contributed by atoms with E-state index in [0.717, 1.165) is 55.0 Å². The van der Waals surface area contributed by atoms with Crippen LogP contribution < -0.4 is 5.32 Å². The van der Waals surface area contributed by atoms with E-state index >= 15 is 0 Å². The summed E-state index contributed by atoms with van der Waals surface area (Å²) in [5.74, 6) is 0.513. The molecule has 158 valence electrons. The largest absolute Gasteiger partial charge is 0.445 e. The molecule has 1 amide bonds. The smallest absolute Gasteiger partial charge is 0.407 e. The molecule has 1 N–H and O–H groups in total. The molecule has 2 bridgehead atoms. The zero-order chi connectivity index (χ0) is 20.9. The van der Waals surface area contributed by atoms with Gasteiger partial charge in [0, 0.05) is 11.6 Å². The lowest BCUT2D eigenvalue weighted by molar-refractivity contribution is -0.0348. The van der Waals surface area contributed by atoms with Gasteiger partial charge in [0.05, 0.1) is 6.04 Å². The molecule has 0 saturated carbocycles. The predicted molar refractivity (Wildman–Crippen MR) is 120 cm³/mol. The number of rotatable bonds is 3. The van der Waals surface area contributed by atoms with Crippen molar-refractivity contribution in [3.63, 3.8) is 0 Å². The number of benzene rings is 2. The molecule has 1 aliphatic carbocycles. The summed E-state index contributed by atoms with van der Waals surface area (Å²) < 4.78 is 5.92. The lowest BCUT2D eigenvalue weighted by atomic mass is 9.85. The van der Waals surface area contributed by atoms with Crippen LogP contribution in [0.4, 0.5) is 4.79 Å². The zero-order valence-corrected chi connectivity index (χ0v) is 18.4. The number of alkyl carbamates (subject to hydrolysis) is 1. The van der Waals surface area contributed by atoms with Crippen molar-refractivity contribution in [2.75, 3.05) is 19.6 Å². The average Bonchev–Trinajstić information content (AvgIpc) is 2.98. The summed E-state index contributed by atoms with van der Waals surface area (Å²) in [5.41, 5.74) is 4.61. The van der Waals surface area contributed by atoms with Gasteiger partial charge in [0.15, 0.2) is 0 Å². The van der Waals surface area contributed by atoms with E-state index < -0.39 is 0 Å². The Labute approximate surface area is 183 Å². The first-order valence-corrected chi connectivity index (χ1v) is 11.4. The molecule has 2 atom stereocenters. The minimum absolute atomic E-state index is 0.0225. The molecule has 0 aromatic heterocycles. The van der Waals surface area contributed by atoms with Crippen molar-refractivity contribution in [3.8, 4) is 11.1 Å². The van der Waals surface area contributed by atoms with E-state index in [1.165, 1.54) is 11.1 Å². The highest BCUT2D eigenvalue weighted by Crippen LogP contribution is 2.46. The van der Waals surface area contributed by atoms with Gasteiger partial charge >= 0.3 is 6.09 Å². The van der Waals surface area contributed by atoms with Gasteiger partial charge in [0.1, 0.15) is 6.10 Å². The van der Waals surface area contributed by atoms with Crippen molar-refractivity contribution in [1.29, 1.82) is 0 Å². The number of carbonyl (C=O) groups is 1. The van der Waals surface area contributed by atoms with Gasteiger partial charge in [-0.3, -0.25) is 4.90 Å². The highest BCUT2D eigenvalue weighted by Gasteiger charge is 2.42. The number of fused-ring (bicyclic) bond motifs is 4. The summed E-state index contributed by atoms with van der Waals surface area (Å²) in [6.45, 7) is 7.58. The van der Waals surface area contributed by atoms with Crippen LogP contribution in [0, 0.1) is 11.3 Å². The van der Waals surface area contributed by atoms with Crippen molar-refractivity contribution in [2.45, 2.75) is 45.3 Å². The number of halogens is 1. The summed E-state index contributed by atoms with van der Waals surface area (Å²) in [7, 11) is 0. The molecule has 3 aliphatic heterocycles. The second-order valence-corrected chi connectivity index (χ2v) is 10.2. The maximum absolute atomic E-state index is 12.9. The molecular formula is C25H29ClN2O2. The fourth-order valence-corrected chi connectivity index (χ4v) is 5.68. The Morgan fingerprint density at radius 2 is 1.90 bits per heavy atom. The minimum Gasteiger partial charge on any atom is -0.445 e. The number of ether oxygens (including phenoxy) is 1. The molecule has 30 heavy (non-hydrogen) atoms. The van der Waals surface area contributed by atoms with Gasteiger partial charge in [-0.15, -0.1) is 0 Å². The first-order valence-electron chi connectivity index (χ1n) is 11.0. The van der Waals surface area contributed by atoms with Crippen molar-refractivity contribution < 1.29 is 9.53 Å². The molecule has 6 rings (SSSR count). The zero-order valence-electron chi connectivity index (χ0n) is 17.7. The Balaban J connectivity index is 1.36. The second kappa shape index (κ2) is 7.58. The molecule has 2 aromatic rings. The number of hydrogen-bond acceptors (Lipinski definition) is 3. The fraction of sp³-hybridized carbons (Fsp3) is 0.480. The van der Waals surface area contributed by atoms with Crippen molar-refractivity contribution in [1.82, 2.24) is 10.2 Å². The van der Waals surface area contributed by atoms with Crippen LogP contribution >= 0.6 is 11.6 Å². The average molecular weight is 425 g/mol. The fourth-order valence-electron chi connectivity index (χ4n) is 5.49. The van der Waals surface area contributed by atoms with Crippen LogP contribution in [-0.2, 0) is 11.2 Å². The first-order chi connectivity index (χ1) is 14.4. The van der Waals surface area contributed by atoms with Gasteiger partial charge in [0.2, 0.25) is 0 Å². The van der Waals surface area contributed by atoms with Crippen LogP contribution in [0.2, 0.25) is 5.02 Å². The molecule has 3 heterocycles. The van der Waals surface area contributed by atoms with E-state index in [0.29, 0.717) is 5.92 Å². The number of hydrogen-bond donors (Lipinski definition) is 1. The van der Waals surface area contributed by atoms with E-state index in [4.69, 9.17) is 16.3 Å². The Bertz CT molecular complexity index is 965. The third-order valence-corrected chi connectivity index (χ3v) is 7.39. The van der Waals surface area contributed by atoms with Crippen LogP contribution in [0.25, 0.3) is 11.1 Å². The van der Waals surface area contributed by atoms with E-state index in [1.54, 1.807) is 0 Å². The Morgan fingerprint density at radius 1 is 1.13 bits per heavy atom. The maximum atomic E-state index is 12.9. The Morgan fingerprint density at radius 3 is 2.60 bits per heavy atom. The van der Waals surface area contributed by atoms with Crippen molar-refractivity contribution in [2.24, 2.45) is 11.3 Å². The third-order valence-electron chi connectivity index (χ3n) is 7.16. The Hall–Kier alpha value is -2.04. The summed E-state index contributed by atoms with van der Waals surface area (Å²) in [4.78, 5) is 15.3. The molecular weight excluding hydrogens is 396 g/mol. The molecule has 4 aliphatic rings. The van der Waals surface area contributed by atoms with Crippen molar-refractivity contribution in [3.05, 3.63) is 58.6 Å². The second-order valence-electron chi connectivity index (χ2n) is 9.75. The van der Waals surface area contributed by atoms with E-state index in [1.807, 2.05) is 18.2 Å².